The Morgan fingerprint density at radius 3 is 1.84 bits per heavy atom. The monoisotopic (exact) mass is 400 g/mol. The van der Waals surface area contributed by atoms with Crippen molar-refractivity contribution in [3.63, 3.8) is 0 Å². The highest BCUT2D eigenvalue weighted by molar-refractivity contribution is 7.59. The topological polar surface area (TPSA) is 37.3 Å². The fourth-order valence-corrected chi connectivity index (χ4v) is 3.23. The SMILES string of the molecule is O=C(O)[C@@H]1[C@@H](c2cc(Cl)c(Cl)c(Cl)c2)C1(Cl)Cl.S.S. The van der Waals surface area contributed by atoms with Gasteiger partial charge >= 0.3 is 5.97 Å². The Balaban J connectivity index is 0.00000162. The van der Waals surface area contributed by atoms with Crippen LogP contribution in [0, 0.1) is 5.92 Å². The zero-order chi connectivity index (χ0) is 13.0. The van der Waals surface area contributed by atoms with E-state index in [2.05, 4.69) is 0 Å². The van der Waals surface area contributed by atoms with Crippen LogP contribution in [-0.4, -0.2) is 15.4 Å². The second kappa shape index (κ2) is 6.73. The van der Waals surface area contributed by atoms with Crippen molar-refractivity contribution in [1.82, 2.24) is 0 Å². The molecule has 19 heavy (non-hydrogen) atoms. The van der Waals surface area contributed by atoms with E-state index in [9.17, 15) is 4.79 Å². The summed E-state index contributed by atoms with van der Waals surface area (Å²) in [6, 6.07) is 3.06. The summed E-state index contributed by atoms with van der Waals surface area (Å²) in [5.74, 6) is -2.45. The Morgan fingerprint density at radius 1 is 1.11 bits per heavy atom. The number of hydrogen-bond donors (Lipinski definition) is 1. The molecular weight excluding hydrogens is 394 g/mol. The van der Waals surface area contributed by atoms with Gasteiger partial charge in [-0.25, -0.2) is 0 Å². The number of carboxylic acid groups (broad SMARTS) is 1. The molecule has 0 saturated heterocycles. The van der Waals surface area contributed by atoms with Gasteiger partial charge in [-0.3, -0.25) is 4.79 Å². The Hall–Kier alpha value is 0.840. The van der Waals surface area contributed by atoms with Crippen LogP contribution in [0.25, 0.3) is 0 Å². The molecular formula is C10H9Cl5O2S2. The summed E-state index contributed by atoms with van der Waals surface area (Å²) in [6.45, 7) is 0. The summed E-state index contributed by atoms with van der Waals surface area (Å²) >= 11 is 29.3. The first kappa shape index (κ1) is 19.8. The number of halogens is 5. The summed E-state index contributed by atoms with van der Waals surface area (Å²) < 4.78 is -1.33. The third-order valence-electron chi connectivity index (χ3n) is 2.68. The lowest BCUT2D eigenvalue weighted by Gasteiger charge is -2.04. The summed E-state index contributed by atoms with van der Waals surface area (Å²) in [7, 11) is 0. The van der Waals surface area contributed by atoms with Crippen molar-refractivity contribution in [2.24, 2.45) is 5.92 Å². The summed E-state index contributed by atoms with van der Waals surface area (Å²) in [6.07, 6.45) is 0. The van der Waals surface area contributed by atoms with Crippen LogP contribution in [0.1, 0.15) is 11.5 Å². The third-order valence-corrected chi connectivity index (χ3v) is 4.82. The van der Waals surface area contributed by atoms with Crippen molar-refractivity contribution >= 4 is 91.0 Å². The van der Waals surface area contributed by atoms with Crippen molar-refractivity contribution in [2.75, 3.05) is 0 Å². The van der Waals surface area contributed by atoms with Gasteiger partial charge in [-0.05, 0) is 17.7 Å². The quantitative estimate of drug-likeness (QED) is 0.567. The van der Waals surface area contributed by atoms with Gasteiger partial charge in [-0.2, -0.15) is 27.0 Å². The van der Waals surface area contributed by atoms with Gasteiger partial charge in [0.25, 0.3) is 0 Å². The Morgan fingerprint density at radius 2 is 1.53 bits per heavy atom. The van der Waals surface area contributed by atoms with Crippen LogP contribution in [0.3, 0.4) is 0 Å². The smallest absolute Gasteiger partial charge is 0.310 e. The van der Waals surface area contributed by atoms with Gasteiger partial charge in [0.05, 0.1) is 21.0 Å². The van der Waals surface area contributed by atoms with Crippen molar-refractivity contribution in [3.8, 4) is 0 Å². The average Bonchev–Trinajstić information content (AvgIpc) is 2.77. The minimum atomic E-state index is -1.33. The Bertz CT molecular complexity index is 486. The van der Waals surface area contributed by atoms with E-state index in [0.29, 0.717) is 5.56 Å². The van der Waals surface area contributed by atoms with Gasteiger partial charge in [-0.15, -0.1) is 0 Å². The molecule has 1 saturated carbocycles. The molecule has 0 aliphatic heterocycles. The molecule has 0 bridgehead atoms. The van der Waals surface area contributed by atoms with Gasteiger partial charge in [0.15, 0.2) is 0 Å². The predicted molar refractivity (Wildman–Crippen MR) is 90.5 cm³/mol. The molecule has 0 heterocycles. The van der Waals surface area contributed by atoms with Crippen LogP contribution in [-0.2, 0) is 4.79 Å². The second-order valence-corrected chi connectivity index (χ2v) is 6.40. The molecule has 1 aromatic rings. The molecule has 1 aliphatic carbocycles. The minimum Gasteiger partial charge on any atom is -0.481 e. The van der Waals surface area contributed by atoms with E-state index in [1.165, 1.54) is 12.1 Å². The van der Waals surface area contributed by atoms with E-state index in [1.54, 1.807) is 0 Å². The molecule has 2 atom stereocenters. The van der Waals surface area contributed by atoms with E-state index in [4.69, 9.17) is 63.1 Å². The highest BCUT2D eigenvalue weighted by atomic mass is 35.5. The maximum atomic E-state index is 10.9. The van der Waals surface area contributed by atoms with Crippen LogP contribution in [0.5, 0.6) is 0 Å². The summed E-state index contributed by atoms with van der Waals surface area (Å²) in [5, 5.41) is 9.66. The molecule has 1 fully saturated rings. The van der Waals surface area contributed by atoms with Crippen LogP contribution >= 0.6 is 85.0 Å². The highest BCUT2D eigenvalue weighted by Gasteiger charge is 2.68. The third kappa shape index (κ3) is 3.54. The molecule has 0 amide bonds. The molecule has 0 unspecified atom stereocenters. The second-order valence-electron chi connectivity index (χ2n) is 3.77. The lowest BCUT2D eigenvalue weighted by molar-refractivity contribution is -0.138. The van der Waals surface area contributed by atoms with Gasteiger partial charge < -0.3 is 5.11 Å². The van der Waals surface area contributed by atoms with E-state index >= 15 is 0 Å². The molecule has 0 radical (unpaired) electrons. The van der Waals surface area contributed by atoms with E-state index in [1.807, 2.05) is 0 Å². The molecule has 9 heteroatoms. The van der Waals surface area contributed by atoms with Crippen molar-refractivity contribution in [2.45, 2.75) is 10.3 Å². The number of aliphatic carboxylic acids is 1. The number of alkyl halides is 2. The van der Waals surface area contributed by atoms with Crippen molar-refractivity contribution in [1.29, 1.82) is 0 Å². The van der Waals surface area contributed by atoms with E-state index in [0.717, 1.165) is 0 Å². The number of hydrogen-bond acceptors (Lipinski definition) is 1. The fraction of sp³-hybridized carbons (Fsp3) is 0.300. The predicted octanol–water partition coefficient (Wildman–Crippen LogP) is 4.84. The molecule has 2 rings (SSSR count). The van der Waals surface area contributed by atoms with Gasteiger partial charge in [0.1, 0.15) is 4.33 Å². The fourth-order valence-electron chi connectivity index (χ4n) is 1.80. The average molecular weight is 403 g/mol. The molecule has 0 spiro atoms. The van der Waals surface area contributed by atoms with Gasteiger partial charge in [0.2, 0.25) is 0 Å². The highest BCUT2D eigenvalue weighted by Crippen LogP contribution is 2.65. The summed E-state index contributed by atoms with van der Waals surface area (Å²) in [5.41, 5.74) is 0.571. The minimum absolute atomic E-state index is 0. The first-order valence-corrected chi connectivity index (χ1v) is 6.41. The normalized spacial score (nSPS) is 23.0. The molecule has 1 aromatic carbocycles. The van der Waals surface area contributed by atoms with Crippen LogP contribution < -0.4 is 0 Å². The van der Waals surface area contributed by atoms with E-state index in [-0.39, 0.29) is 42.1 Å². The maximum absolute atomic E-state index is 10.9. The van der Waals surface area contributed by atoms with E-state index < -0.39 is 22.1 Å². The molecule has 0 aromatic heterocycles. The number of carboxylic acids is 1. The van der Waals surface area contributed by atoms with Gasteiger partial charge in [-0.1, -0.05) is 58.0 Å². The number of rotatable bonds is 2. The van der Waals surface area contributed by atoms with Gasteiger partial charge in [0, 0.05) is 5.92 Å². The maximum Gasteiger partial charge on any atom is 0.310 e. The summed E-state index contributed by atoms with van der Waals surface area (Å²) in [4.78, 5) is 10.9. The Kier molecular flexibility index (Phi) is 7.03. The molecule has 108 valence electrons. The zero-order valence-corrected chi connectivity index (χ0v) is 14.8. The molecule has 2 nitrogen and oxygen atoms in total. The number of carbonyl (C=O) groups is 1. The standard InChI is InChI=1S/C10H5Cl5O2.2H2S/c11-4-1-3(2-5(12)8(4)13)6-7(9(16)17)10(6,14)15;;/h1-2,6-7H,(H,16,17);2*1H2/t6-,7+;;/m1../s1. The van der Waals surface area contributed by atoms with Crippen LogP contribution in [0.4, 0.5) is 0 Å². The first-order chi connectivity index (χ1) is 7.76. The first-order valence-electron chi connectivity index (χ1n) is 4.52. The zero-order valence-electron chi connectivity index (χ0n) is 9.05. The van der Waals surface area contributed by atoms with Crippen molar-refractivity contribution in [3.05, 3.63) is 32.8 Å². The lowest BCUT2D eigenvalue weighted by atomic mass is 10.1. The van der Waals surface area contributed by atoms with Crippen molar-refractivity contribution < 1.29 is 9.90 Å². The van der Waals surface area contributed by atoms with Crippen LogP contribution in [0.2, 0.25) is 15.1 Å². The number of benzene rings is 1. The van der Waals surface area contributed by atoms with Crippen LogP contribution in [0.15, 0.2) is 12.1 Å². The largest absolute Gasteiger partial charge is 0.481 e. The Labute approximate surface area is 149 Å². The molecule has 1 aliphatic rings. The lowest BCUT2D eigenvalue weighted by Crippen LogP contribution is -2.03. The molecule has 1 N–H and O–H groups in total.